The van der Waals surface area contributed by atoms with Crippen molar-refractivity contribution < 1.29 is 8.42 Å². The monoisotopic (exact) mass is 333 g/mol. The van der Waals surface area contributed by atoms with Gasteiger partial charge in [-0.1, -0.05) is 60.1 Å². The molecular formula is C13H20BrNO2S. The Morgan fingerprint density at radius 2 is 1.83 bits per heavy atom. The summed E-state index contributed by atoms with van der Waals surface area (Å²) in [5.74, 6) is 0.134. The van der Waals surface area contributed by atoms with Gasteiger partial charge in [-0.2, -0.15) is 0 Å². The Morgan fingerprint density at radius 3 is 2.39 bits per heavy atom. The summed E-state index contributed by atoms with van der Waals surface area (Å²) in [6.45, 7) is 4.48. The maximum absolute atomic E-state index is 11.8. The minimum Gasteiger partial charge on any atom is -0.215 e. The molecule has 0 heterocycles. The van der Waals surface area contributed by atoms with Gasteiger partial charge in [0.2, 0.25) is 10.0 Å². The zero-order valence-corrected chi connectivity index (χ0v) is 13.2. The van der Waals surface area contributed by atoms with Crippen LogP contribution in [0.2, 0.25) is 0 Å². The molecule has 0 unspecified atom stereocenters. The molecule has 0 saturated heterocycles. The maximum atomic E-state index is 11.8. The average Bonchev–Trinajstić information content (AvgIpc) is 2.36. The first-order valence-corrected chi connectivity index (χ1v) is 8.69. The van der Waals surface area contributed by atoms with Gasteiger partial charge in [0.05, 0.1) is 5.75 Å². The molecule has 0 aromatic heterocycles. The highest BCUT2D eigenvalue weighted by Gasteiger charge is 2.19. The lowest BCUT2D eigenvalue weighted by atomic mass is 9.98. The first kappa shape index (κ1) is 15.7. The summed E-state index contributed by atoms with van der Waals surface area (Å²) < 4.78 is 26.3. The molecule has 1 rings (SSSR count). The number of hydrogen-bond donors (Lipinski definition) is 1. The Kier molecular flexibility index (Phi) is 5.82. The number of nitrogens with one attached hydrogen (secondary N) is 1. The number of benzene rings is 1. The second-order valence-electron chi connectivity index (χ2n) is 5.17. The van der Waals surface area contributed by atoms with Gasteiger partial charge in [0.25, 0.3) is 0 Å². The molecule has 0 atom stereocenters. The third-order valence-electron chi connectivity index (χ3n) is 2.63. The Bertz CT molecular complexity index is 457. The van der Waals surface area contributed by atoms with E-state index in [0.29, 0.717) is 13.0 Å². The highest BCUT2D eigenvalue weighted by atomic mass is 79.9. The Labute approximate surface area is 118 Å². The zero-order chi connectivity index (χ0) is 13.6. The summed E-state index contributed by atoms with van der Waals surface area (Å²) in [7, 11) is -3.19. The number of aryl methyl sites for hydroxylation is 1. The van der Waals surface area contributed by atoms with Gasteiger partial charge in [-0.25, -0.2) is 13.1 Å². The van der Waals surface area contributed by atoms with E-state index in [1.54, 1.807) is 0 Å². The number of rotatable bonds is 7. The van der Waals surface area contributed by atoms with Gasteiger partial charge in [-0.3, -0.25) is 0 Å². The molecule has 3 nitrogen and oxygen atoms in total. The van der Waals surface area contributed by atoms with E-state index in [0.717, 1.165) is 10.9 Å². The van der Waals surface area contributed by atoms with Crippen molar-refractivity contribution in [3.63, 3.8) is 0 Å². The lowest BCUT2D eigenvalue weighted by Gasteiger charge is -2.21. The minimum absolute atomic E-state index is 0.0696. The van der Waals surface area contributed by atoms with Crippen LogP contribution in [0.4, 0.5) is 0 Å². The molecule has 1 N–H and O–H groups in total. The van der Waals surface area contributed by atoms with E-state index in [-0.39, 0.29) is 11.2 Å². The van der Waals surface area contributed by atoms with Crippen molar-refractivity contribution in [2.45, 2.75) is 20.3 Å². The third kappa shape index (κ3) is 5.98. The van der Waals surface area contributed by atoms with Crippen LogP contribution in [-0.2, 0) is 16.4 Å². The Morgan fingerprint density at radius 1 is 1.22 bits per heavy atom. The van der Waals surface area contributed by atoms with E-state index in [1.165, 1.54) is 0 Å². The van der Waals surface area contributed by atoms with Crippen LogP contribution in [0.5, 0.6) is 0 Å². The van der Waals surface area contributed by atoms with Crippen LogP contribution in [0.15, 0.2) is 30.3 Å². The highest BCUT2D eigenvalue weighted by Crippen LogP contribution is 2.16. The molecule has 5 heteroatoms. The molecule has 0 spiro atoms. The van der Waals surface area contributed by atoms with Crippen LogP contribution >= 0.6 is 15.9 Å². The van der Waals surface area contributed by atoms with Gasteiger partial charge in [0, 0.05) is 11.9 Å². The van der Waals surface area contributed by atoms with E-state index in [9.17, 15) is 8.42 Å². The predicted octanol–water partition coefficient (Wildman–Crippen LogP) is 2.57. The topological polar surface area (TPSA) is 46.2 Å². The van der Waals surface area contributed by atoms with Gasteiger partial charge in [0.1, 0.15) is 0 Å². The lowest BCUT2D eigenvalue weighted by molar-refractivity contribution is 0.420. The van der Waals surface area contributed by atoms with Crippen molar-refractivity contribution >= 4 is 26.0 Å². The Hall–Kier alpha value is -0.390. The molecule has 0 aliphatic carbocycles. The van der Waals surface area contributed by atoms with Gasteiger partial charge in [-0.05, 0) is 17.4 Å². The standard InChI is InChI=1S/C13H20BrNO2S/c1-13(2,10-14)11-15-18(16,17)9-8-12-6-4-3-5-7-12/h3-7,15H,8-11H2,1-2H3. The van der Waals surface area contributed by atoms with Crippen molar-refractivity contribution in [2.75, 3.05) is 17.6 Å². The van der Waals surface area contributed by atoms with Gasteiger partial charge in [-0.15, -0.1) is 0 Å². The normalized spacial score (nSPS) is 12.6. The van der Waals surface area contributed by atoms with Crippen LogP contribution in [0.1, 0.15) is 19.4 Å². The van der Waals surface area contributed by atoms with E-state index >= 15 is 0 Å². The molecule has 0 aliphatic heterocycles. The molecule has 0 aliphatic rings. The van der Waals surface area contributed by atoms with Crippen molar-refractivity contribution in [3.05, 3.63) is 35.9 Å². The van der Waals surface area contributed by atoms with Gasteiger partial charge >= 0.3 is 0 Å². The van der Waals surface area contributed by atoms with Gasteiger partial charge in [0.15, 0.2) is 0 Å². The smallest absolute Gasteiger partial charge is 0.211 e. The van der Waals surface area contributed by atoms with Crippen LogP contribution in [0.3, 0.4) is 0 Å². The molecule has 1 aromatic rings. The first-order valence-electron chi connectivity index (χ1n) is 5.92. The molecule has 0 radical (unpaired) electrons. The minimum atomic E-state index is -3.19. The SMILES string of the molecule is CC(C)(CBr)CNS(=O)(=O)CCc1ccccc1. The van der Waals surface area contributed by atoms with Crippen molar-refractivity contribution in [3.8, 4) is 0 Å². The average molecular weight is 334 g/mol. The molecule has 1 aromatic carbocycles. The fraction of sp³-hybridized carbons (Fsp3) is 0.538. The van der Waals surface area contributed by atoms with E-state index in [4.69, 9.17) is 0 Å². The Balaban J connectivity index is 2.46. The summed E-state index contributed by atoms with van der Waals surface area (Å²) in [6, 6.07) is 9.65. The molecule has 102 valence electrons. The van der Waals surface area contributed by atoms with Crippen molar-refractivity contribution in [1.82, 2.24) is 4.72 Å². The number of sulfonamides is 1. The summed E-state index contributed by atoms with van der Waals surface area (Å²) in [5, 5.41) is 0.765. The fourth-order valence-electron chi connectivity index (χ4n) is 1.32. The van der Waals surface area contributed by atoms with Crippen LogP contribution < -0.4 is 4.72 Å². The molecule has 0 amide bonds. The summed E-state index contributed by atoms with van der Waals surface area (Å²) in [4.78, 5) is 0. The fourth-order valence-corrected chi connectivity index (χ4v) is 2.78. The van der Waals surface area contributed by atoms with Crippen molar-refractivity contribution in [2.24, 2.45) is 5.41 Å². The summed E-state index contributed by atoms with van der Waals surface area (Å²) in [6.07, 6.45) is 0.547. The quantitative estimate of drug-likeness (QED) is 0.779. The van der Waals surface area contributed by atoms with Crippen LogP contribution in [0.25, 0.3) is 0 Å². The van der Waals surface area contributed by atoms with Crippen molar-refractivity contribution in [1.29, 1.82) is 0 Å². The molecule has 0 saturated carbocycles. The maximum Gasteiger partial charge on any atom is 0.211 e. The second kappa shape index (κ2) is 6.68. The molecule has 18 heavy (non-hydrogen) atoms. The van der Waals surface area contributed by atoms with Gasteiger partial charge < -0.3 is 0 Å². The predicted molar refractivity (Wildman–Crippen MR) is 79.5 cm³/mol. The highest BCUT2D eigenvalue weighted by molar-refractivity contribution is 9.09. The summed E-state index contributed by atoms with van der Waals surface area (Å²) >= 11 is 3.38. The van der Waals surface area contributed by atoms with E-state index < -0.39 is 10.0 Å². The zero-order valence-electron chi connectivity index (χ0n) is 10.8. The molecule has 0 bridgehead atoms. The van der Waals surface area contributed by atoms with E-state index in [1.807, 2.05) is 44.2 Å². The van der Waals surface area contributed by atoms with Crippen LogP contribution in [0, 0.1) is 5.41 Å². The van der Waals surface area contributed by atoms with Crippen LogP contribution in [-0.4, -0.2) is 26.0 Å². The molecular weight excluding hydrogens is 314 g/mol. The largest absolute Gasteiger partial charge is 0.215 e. The lowest BCUT2D eigenvalue weighted by Crippen LogP contribution is -2.36. The number of alkyl halides is 1. The summed E-state index contributed by atoms with van der Waals surface area (Å²) in [5.41, 5.74) is 0.974. The number of hydrogen-bond acceptors (Lipinski definition) is 2. The third-order valence-corrected chi connectivity index (χ3v) is 5.48. The number of halogens is 1. The molecule has 0 fully saturated rings. The first-order chi connectivity index (χ1) is 8.35. The van der Waals surface area contributed by atoms with E-state index in [2.05, 4.69) is 20.7 Å². The second-order valence-corrected chi connectivity index (χ2v) is 7.66.